The van der Waals surface area contributed by atoms with Crippen LogP contribution in [0.15, 0.2) is 22.7 Å². The molecule has 1 aromatic rings. The minimum absolute atomic E-state index is 0.0806. The second kappa shape index (κ2) is 10.7. The molecule has 0 fully saturated rings. The summed E-state index contributed by atoms with van der Waals surface area (Å²) in [7, 11) is 0. The third kappa shape index (κ3) is 7.51. The quantitative estimate of drug-likeness (QED) is 0.463. The summed E-state index contributed by atoms with van der Waals surface area (Å²) in [5.41, 5.74) is 6.91. The Labute approximate surface area is 136 Å². The number of rotatable bonds is 10. The Kier molecular flexibility index (Phi) is 9.15. The second-order valence-electron chi connectivity index (χ2n) is 5.46. The van der Waals surface area contributed by atoms with Gasteiger partial charge in [0.2, 0.25) is 0 Å². The van der Waals surface area contributed by atoms with Crippen LogP contribution in [0.25, 0.3) is 0 Å². The van der Waals surface area contributed by atoms with E-state index in [4.69, 9.17) is 5.73 Å². The normalized spacial score (nSPS) is 10.6. The first-order chi connectivity index (χ1) is 10.1. The molecule has 0 aliphatic carbocycles. The molecule has 0 bridgehead atoms. The minimum Gasteiger partial charge on any atom is -0.398 e. The van der Waals surface area contributed by atoms with Gasteiger partial charge >= 0.3 is 0 Å². The molecule has 4 heteroatoms. The summed E-state index contributed by atoms with van der Waals surface area (Å²) < 4.78 is 0.889. The fraction of sp³-hybridized carbons (Fsp3) is 0.588. The Hall–Kier alpha value is -1.03. The summed E-state index contributed by atoms with van der Waals surface area (Å²) in [4.78, 5) is 12.0. The lowest BCUT2D eigenvalue weighted by molar-refractivity contribution is 0.0954. The molecular formula is C17H27BrN2O. The molecule has 118 valence electrons. The Bertz CT molecular complexity index is 435. The molecule has 0 aliphatic heterocycles. The van der Waals surface area contributed by atoms with Crippen molar-refractivity contribution in [1.82, 2.24) is 5.32 Å². The summed E-state index contributed by atoms with van der Waals surface area (Å²) in [5, 5.41) is 2.94. The van der Waals surface area contributed by atoms with Crippen LogP contribution in [0, 0.1) is 0 Å². The number of carbonyl (C=O) groups excluding carboxylic acids is 1. The van der Waals surface area contributed by atoms with Gasteiger partial charge in [-0.2, -0.15) is 0 Å². The molecule has 0 saturated carbocycles. The van der Waals surface area contributed by atoms with E-state index in [-0.39, 0.29) is 5.91 Å². The summed E-state index contributed by atoms with van der Waals surface area (Å²) in [6.45, 7) is 2.96. The van der Waals surface area contributed by atoms with Gasteiger partial charge in [0.1, 0.15) is 0 Å². The molecule has 0 unspecified atom stereocenters. The van der Waals surface area contributed by atoms with Crippen molar-refractivity contribution < 1.29 is 4.79 Å². The van der Waals surface area contributed by atoms with Crippen LogP contribution in [0.3, 0.4) is 0 Å². The highest BCUT2D eigenvalue weighted by Crippen LogP contribution is 2.18. The van der Waals surface area contributed by atoms with Crippen LogP contribution in [0.4, 0.5) is 5.69 Å². The number of nitrogens with two attached hydrogens (primary N) is 1. The first kappa shape index (κ1) is 18.0. The topological polar surface area (TPSA) is 55.1 Å². The lowest BCUT2D eigenvalue weighted by Gasteiger charge is -2.08. The van der Waals surface area contributed by atoms with Gasteiger partial charge in [0, 0.05) is 16.7 Å². The highest BCUT2D eigenvalue weighted by molar-refractivity contribution is 9.10. The highest BCUT2D eigenvalue weighted by Gasteiger charge is 2.08. The maximum absolute atomic E-state index is 12.0. The fourth-order valence-corrected chi connectivity index (χ4v) is 2.68. The number of nitrogens with one attached hydrogen (secondary N) is 1. The summed E-state index contributed by atoms with van der Waals surface area (Å²) in [6, 6.07) is 5.34. The first-order valence-corrected chi connectivity index (χ1v) is 8.77. The van der Waals surface area contributed by atoms with Crippen LogP contribution >= 0.6 is 15.9 Å². The minimum atomic E-state index is -0.0806. The summed E-state index contributed by atoms with van der Waals surface area (Å²) >= 11 is 3.34. The largest absolute Gasteiger partial charge is 0.398 e. The zero-order valence-electron chi connectivity index (χ0n) is 13.0. The zero-order valence-corrected chi connectivity index (χ0v) is 14.5. The van der Waals surface area contributed by atoms with Crippen molar-refractivity contribution in [2.75, 3.05) is 12.3 Å². The average molecular weight is 355 g/mol. The first-order valence-electron chi connectivity index (χ1n) is 7.98. The molecule has 0 saturated heterocycles. The third-order valence-electron chi connectivity index (χ3n) is 3.57. The maximum Gasteiger partial charge on any atom is 0.253 e. The SMILES string of the molecule is CCCCCCCCCCNC(=O)c1ccc(Br)cc1N. The van der Waals surface area contributed by atoms with Gasteiger partial charge in [-0.15, -0.1) is 0 Å². The predicted octanol–water partition coefficient (Wildman–Crippen LogP) is 4.90. The van der Waals surface area contributed by atoms with Crippen LogP contribution < -0.4 is 11.1 Å². The molecule has 0 aromatic heterocycles. The molecule has 1 amide bonds. The molecule has 0 radical (unpaired) electrons. The van der Waals surface area contributed by atoms with Crippen molar-refractivity contribution in [2.24, 2.45) is 0 Å². The number of anilines is 1. The molecule has 3 N–H and O–H groups in total. The van der Waals surface area contributed by atoms with Crippen molar-refractivity contribution in [2.45, 2.75) is 58.3 Å². The zero-order chi connectivity index (χ0) is 15.5. The van der Waals surface area contributed by atoms with E-state index in [1.807, 2.05) is 6.07 Å². The van der Waals surface area contributed by atoms with Gasteiger partial charge in [0.05, 0.1) is 5.56 Å². The van der Waals surface area contributed by atoms with Gasteiger partial charge in [0.25, 0.3) is 5.91 Å². The van der Waals surface area contributed by atoms with E-state index < -0.39 is 0 Å². The number of halogens is 1. The monoisotopic (exact) mass is 354 g/mol. The smallest absolute Gasteiger partial charge is 0.253 e. The lowest BCUT2D eigenvalue weighted by Crippen LogP contribution is -2.25. The Morgan fingerprint density at radius 1 is 1.10 bits per heavy atom. The lowest BCUT2D eigenvalue weighted by atomic mass is 10.1. The standard InChI is InChI=1S/C17H27BrN2O/c1-2-3-4-5-6-7-8-9-12-20-17(21)15-11-10-14(18)13-16(15)19/h10-11,13H,2-9,12,19H2,1H3,(H,20,21). The van der Waals surface area contributed by atoms with Gasteiger partial charge in [-0.3, -0.25) is 4.79 Å². The molecule has 3 nitrogen and oxygen atoms in total. The van der Waals surface area contributed by atoms with Gasteiger partial charge in [-0.25, -0.2) is 0 Å². The molecule has 1 rings (SSSR count). The van der Waals surface area contributed by atoms with Crippen molar-refractivity contribution in [3.8, 4) is 0 Å². The van der Waals surface area contributed by atoms with Gasteiger partial charge in [-0.05, 0) is 24.6 Å². The van der Waals surface area contributed by atoms with E-state index in [9.17, 15) is 4.79 Å². The average Bonchev–Trinajstić information content (AvgIpc) is 2.45. The van der Waals surface area contributed by atoms with E-state index in [0.29, 0.717) is 11.3 Å². The predicted molar refractivity (Wildman–Crippen MR) is 93.5 cm³/mol. The number of carbonyl (C=O) groups is 1. The molecular weight excluding hydrogens is 328 g/mol. The van der Waals surface area contributed by atoms with Crippen molar-refractivity contribution in [3.05, 3.63) is 28.2 Å². The van der Waals surface area contributed by atoms with Crippen LogP contribution in [-0.4, -0.2) is 12.5 Å². The van der Waals surface area contributed by atoms with Crippen molar-refractivity contribution in [3.63, 3.8) is 0 Å². The van der Waals surface area contributed by atoms with Crippen molar-refractivity contribution >= 4 is 27.5 Å². The van der Waals surface area contributed by atoms with Crippen LogP contribution in [0.2, 0.25) is 0 Å². The number of nitrogen functional groups attached to an aromatic ring is 1. The Balaban J connectivity index is 2.11. The van der Waals surface area contributed by atoms with Gasteiger partial charge in [-0.1, -0.05) is 67.8 Å². The summed E-state index contributed by atoms with van der Waals surface area (Å²) in [5.74, 6) is -0.0806. The summed E-state index contributed by atoms with van der Waals surface area (Å²) in [6.07, 6.45) is 10.1. The number of hydrogen-bond acceptors (Lipinski definition) is 2. The van der Waals surface area contributed by atoms with E-state index in [1.165, 1.54) is 44.9 Å². The van der Waals surface area contributed by atoms with E-state index in [1.54, 1.807) is 12.1 Å². The number of amides is 1. The van der Waals surface area contributed by atoms with Crippen LogP contribution in [0.1, 0.15) is 68.6 Å². The van der Waals surface area contributed by atoms with Crippen molar-refractivity contribution in [1.29, 1.82) is 0 Å². The van der Waals surface area contributed by atoms with Crippen LogP contribution in [-0.2, 0) is 0 Å². The van der Waals surface area contributed by atoms with E-state index >= 15 is 0 Å². The fourth-order valence-electron chi connectivity index (χ4n) is 2.30. The number of benzene rings is 1. The Morgan fingerprint density at radius 2 is 1.71 bits per heavy atom. The molecule has 21 heavy (non-hydrogen) atoms. The number of unbranched alkanes of at least 4 members (excludes halogenated alkanes) is 7. The Morgan fingerprint density at radius 3 is 2.33 bits per heavy atom. The molecule has 0 heterocycles. The van der Waals surface area contributed by atoms with E-state index in [0.717, 1.165) is 17.4 Å². The second-order valence-corrected chi connectivity index (χ2v) is 6.38. The third-order valence-corrected chi connectivity index (χ3v) is 4.07. The van der Waals surface area contributed by atoms with Gasteiger partial charge < -0.3 is 11.1 Å². The van der Waals surface area contributed by atoms with E-state index in [2.05, 4.69) is 28.2 Å². The molecule has 0 spiro atoms. The van der Waals surface area contributed by atoms with Gasteiger partial charge in [0.15, 0.2) is 0 Å². The van der Waals surface area contributed by atoms with Crippen LogP contribution in [0.5, 0.6) is 0 Å². The molecule has 1 aromatic carbocycles. The number of hydrogen-bond donors (Lipinski definition) is 2. The highest BCUT2D eigenvalue weighted by atomic mass is 79.9. The maximum atomic E-state index is 12.0. The molecule has 0 aliphatic rings. The molecule has 0 atom stereocenters.